The molecule has 0 saturated heterocycles. The summed E-state index contributed by atoms with van der Waals surface area (Å²) in [4.78, 5) is 27.8. The lowest BCUT2D eigenvalue weighted by molar-refractivity contribution is 0.0992. The van der Waals surface area contributed by atoms with E-state index in [9.17, 15) is 9.59 Å². The highest BCUT2D eigenvalue weighted by Crippen LogP contribution is 2.28. The van der Waals surface area contributed by atoms with Crippen LogP contribution in [0.5, 0.6) is 11.5 Å². The molecule has 0 unspecified atom stereocenters. The maximum absolute atomic E-state index is 12.8. The van der Waals surface area contributed by atoms with Crippen molar-refractivity contribution in [1.82, 2.24) is 4.98 Å². The Bertz CT molecular complexity index is 1000. The number of pyridine rings is 1. The molecule has 0 atom stereocenters. The minimum Gasteiger partial charge on any atom is -0.493 e. The van der Waals surface area contributed by atoms with Gasteiger partial charge in [-0.3, -0.25) is 9.59 Å². The topological polar surface area (TPSA) is 68.4 Å². The van der Waals surface area contributed by atoms with Gasteiger partial charge in [-0.25, -0.2) is 0 Å². The van der Waals surface area contributed by atoms with Crippen LogP contribution in [0.3, 0.4) is 0 Å². The molecule has 1 heterocycles. The van der Waals surface area contributed by atoms with Crippen molar-refractivity contribution >= 4 is 16.7 Å². The van der Waals surface area contributed by atoms with Crippen molar-refractivity contribution in [1.29, 1.82) is 0 Å². The van der Waals surface area contributed by atoms with E-state index in [0.29, 0.717) is 22.6 Å². The first-order chi connectivity index (χ1) is 12.0. The van der Waals surface area contributed by atoms with Gasteiger partial charge in [-0.05, 0) is 36.8 Å². The SMILES string of the molecule is COc1ccc(C(=O)Cc2c(C)c(=O)[nH]c3ccccc23)cc1OC. The molecule has 0 saturated carbocycles. The number of fused-ring (bicyclic) bond motifs is 1. The molecule has 2 aromatic carbocycles. The van der Waals surface area contributed by atoms with Crippen molar-refractivity contribution in [2.24, 2.45) is 0 Å². The monoisotopic (exact) mass is 337 g/mol. The molecule has 3 aromatic rings. The van der Waals surface area contributed by atoms with E-state index < -0.39 is 0 Å². The first-order valence-electron chi connectivity index (χ1n) is 7.91. The molecular weight excluding hydrogens is 318 g/mol. The fraction of sp³-hybridized carbons (Fsp3) is 0.200. The van der Waals surface area contributed by atoms with Crippen LogP contribution in [0.4, 0.5) is 0 Å². The van der Waals surface area contributed by atoms with Crippen LogP contribution < -0.4 is 15.0 Å². The molecule has 0 aliphatic rings. The van der Waals surface area contributed by atoms with E-state index in [2.05, 4.69) is 4.98 Å². The molecule has 0 aliphatic heterocycles. The number of methoxy groups -OCH3 is 2. The molecule has 5 heteroatoms. The zero-order valence-corrected chi connectivity index (χ0v) is 14.4. The summed E-state index contributed by atoms with van der Waals surface area (Å²) in [5.74, 6) is 0.984. The van der Waals surface area contributed by atoms with Gasteiger partial charge >= 0.3 is 0 Å². The zero-order chi connectivity index (χ0) is 18.0. The van der Waals surface area contributed by atoms with Crippen molar-refractivity contribution in [3.05, 3.63) is 69.5 Å². The number of para-hydroxylation sites is 1. The fourth-order valence-electron chi connectivity index (χ4n) is 2.91. The molecule has 0 spiro atoms. The summed E-state index contributed by atoms with van der Waals surface area (Å²) in [7, 11) is 3.07. The maximum atomic E-state index is 12.8. The summed E-state index contributed by atoms with van der Waals surface area (Å²) < 4.78 is 10.5. The number of rotatable bonds is 5. The Kier molecular flexibility index (Phi) is 4.57. The Morgan fingerprint density at radius 2 is 1.76 bits per heavy atom. The van der Waals surface area contributed by atoms with Crippen molar-refractivity contribution in [2.45, 2.75) is 13.3 Å². The number of ketones is 1. The van der Waals surface area contributed by atoms with Crippen LogP contribution in [0.1, 0.15) is 21.5 Å². The van der Waals surface area contributed by atoms with Gasteiger partial charge in [-0.2, -0.15) is 0 Å². The predicted molar refractivity (Wildman–Crippen MR) is 96.9 cm³/mol. The van der Waals surface area contributed by atoms with E-state index in [1.54, 1.807) is 32.2 Å². The minimum atomic E-state index is -0.172. The molecule has 1 N–H and O–H groups in total. The summed E-state index contributed by atoms with van der Waals surface area (Å²) >= 11 is 0. The number of aromatic amines is 1. The molecule has 0 fully saturated rings. The Morgan fingerprint density at radius 3 is 2.48 bits per heavy atom. The molecule has 0 bridgehead atoms. The van der Waals surface area contributed by atoms with Gasteiger partial charge in [0.15, 0.2) is 17.3 Å². The average Bonchev–Trinajstić information content (AvgIpc) is 2.64. The standard InChI is InChI=1S/C20H19NO4/c1-12-15(14-6-4-5-7-16(14)21-20(12)23)11-17(22)13-8-9-18(24-2)19(10-13)25-3/h4-10H,11H2,1-3H3,(H,21,23). The van der Waals surface area contributed by atoms with Crippen LogP contribution in [-0.2, 0) is 6.42 Å². The lowest BCUT2D eigenvalue weighted by Gasteiger charge is -2.11. The van der Waals surface area contributed by atoms with Crippen molar-refractivity contribution in [2.75, 3.05) is 14.2 Å². The highest BCUT2D eigenvalue weighted by atomic mass is 16.5. The third-order valence-electron chi connectivity index (χ3n) is 4.34. The third-order valence-corrected chi connectivity index (χ3v) is 4.34. The van der Waals surface area contributed by atoms with Crippen LogP contribution in [0.2, 0.25) is 0 Å². The lowest BCUT2D eigenvalue weighted by Crippen LogP contribution is -2.15. The molecule has 5 nitrogen and oxygen atoms in total. The van der Waals surface area contributed by atoms with E-state index in [-0.39, 0.29) is 17.8 Å². The number of carbonyl (C=O) groups is 1. The number of hydrogen-bond acceptors (Lipinski definition) is 4. The quantitative estimate of drug-likeness (QED) is 0.726. The normalized spacial score (nSPS) is 10.7. The Labute approximate surface area is 145 Å². The van der Waals surface area contributed by atoms with Crippen LogP contribution in [0.25, 0.3) is 10.9 Å². The molecule has 0 aliphatic carbocycles. The zero-order valence-electron chi connectivity index (χ0n) is 14.4. The van der Waals surface area contributed by atoms with E-state index in [4.69, 9.17) is 9.47 Å². The average molecular weight is 337 g/mol. The smallest absolute Gasteiger partial charge is 0.251 e. The van der Waals surface area contributed by atoms with E-state index in [0.717, 1.165) is 16.5 Å². The number of Topliss-reactive ketones (excluding diaryl/α,β-unsaturated/α-hetero) is 1. The van der Waals surface area contributed by atoms with E-state index in [1.165, 1.54) is 7.11 Å². The van der Waals surface area contributed by atoms with E-state index in [1.807, 2.05) is 24.3 Å². The van der Waals surface area contributed by atoms with Crippen molar-refractivity contribution in [3.8, 4) is 11.5 Å². The Balaban J connectivity index is 2.03. The maximum Gasteiger partial charge on any atom is 0.251 e. The van der Waals surface area contributed by atoms with Crippen LogP contribution in [0, 0.1) is 6.92 Å². The highest BCUT2D eigenvalue weighted by molar-refractivity contribution is 6.00. The number of hydrogen-bond donors (Lipinski definition) is 1. The number of aromatic nitrogens is 1. The van der Waals surface area contributed by atoms with Crippen LogP contribution >= 0.6 is 0 Å². The molecule has 1 aromatic heterocycles. The second kappa shape index (κ2) is 6.81. The van der Waals surface area contributed by atoms with E-state index >= 15 is 0 Å². The van der Waals surface area contributed by atoms with Gasteiger partial charge in [0.25, 0.3) is 5.56 Å². The van der Waals surface area contributed by atoms with Gasteiger partial charge in [-0.1, -0.05) is 18.2 Å². The van der Waals surface area contributed by atoms with Gasteiger partial charge in [-0.15, -0.1) is 0 Å². The summed E-state index contributed by atoms with van der Waals surface area (Å²) in [5.41, 5.74) is 2.38. The Morgan fingerprint density at radius 1 is 1.04 bits per heavy atom. The first kappa shape index (κ1) is 16.8. The molecule has 3 rings (SSSR count). The number of nitrogens with one attached hydrogen (secondary N) is 1. The first-order valence-corrected chi connectivity index (χ1v) is 7.91. The molecular formula is C20H19NO4. The molecule has 25 heavy (non-hydrogen) atoms. The van der Waals surface area contributed by atoms with Gasteiger partial charge < -0.3 is 14.5 Å². The summed E-state index contributed by atoms with van der Waals surface area (Å²) in [5, 5.41) is 0.883. The highest BCUT2D eigenvalue weighted by Gasteiger charge is 2.16. The minimum absolute atomic E-state index is 0.0835. The number of ether oxygens (including phenoxy) is 2. The summed E-state index contributed by atoms with van der Waals surface area (Å²) in [6.45, 7) is 1.74. The number of H-pyrrole nitrogens is 1. The Hall–Kier alpha value is -3.08. The van der Waals surface area contributed by atoms with Crippen LogP contribution in [0.15, 0.2) is 47.3 Å². The second-order valence-corrected chi connectivity index (χ2v) is 5.77. The van der Waals surface area contributed by atoms with Crippen molar-refractivity contribution < 1.29 is 14.3 Å². The summed E-state index contributed by atoms with van der Waals surface area (Å²) in [6, 6.07) is 12.6. The van der Waals surface area contributed by atoms with Gasteiger partial charge in [0.2, 0.25) is 0 Å². The van der Waals surface area contributed by atoms with Gasteiger partial charge in [0, 0.05) is 28.5 Å². The number of carbonyl (C=O) groups excluding carboxylic acids is 1. The second-order valence-electron chi connectivity index (χ2n) is 5.77. The van der Waals surface area contributed by atoms with Gasteiger partial charge in [0.1, 0.15) is 0 Å². The number of benzene rings is 2. The molecule has 0 radical (unpaired) electrons. The van der Waals surface area contributed by atoms with Gasteiger partial charge in [0.05, 0.1) is 14.2 Å². The predicted octanol–water partition coefficient (Wildman–Crippen LogP) is 3.28. The summed E-state index contributed by atoms with van der Waals surface area (Å²) in [6.07, 6.45) is 0.145. The van der Waals surface area contributed by atoms with Crippen molar-refractivity contribution in [3.63, 3.8) is 0 Å². The third kappa shape index (κ3) is 3.13. The largest absolute Gasteiger partial charge is 0.493 e. The molecule has 128 valence electrons. The molecule has 0 amide bonds. The fourth-order valence-corrected chi connectivity index (χ4v) is 2.91. The lowest BCUT2D eigenvalue weighted by atomic mass is 9.96. The van der Waals surface area contributed by atoms with Crippen LogP contribution in [-0.4, -0.2) is 25.0 Å².